The minimum absolute atomic E-state index is 0.0815. The summed E-state index contributed by atoms with van der Waals surface area (Å²) in [4.78, 5) is 0.983. The van der Waals surface area contributed by atoms with Crippen molar-refractivity contribution in [3.63, 3.8) is 0 Å². The molecule has 3 nitrogen and oxygen atoms in total. The van der Waals surface area contributed by atoms with Crippen molar-refractivity contribution in [3.05, 3.63) is 46.2 Å². The van der Waals surface area contributed by atoms with Gasteiger partial charge in [0.15, 0.2) is 0 Å². The van der Waals surface area contributed by atoms with Gasteiger partial charge < -0.3 is 5.73 Å². The van der Waals surface area contributed by atoms with Gasteiger partial charge in [0.05, 0.1) is 10.6 Å². The van der Waals surface area contributed by atoms with Crippen LogP contribution in [0.25, 0.3) is 0 Å². The van der Waals surface area contributed by atoms with Gasteiger partial charge in [-0.05, 0) is 35.6 Å². The van der Waals surface area contributed by atoms with E-state index in [2.05, 4.69) is 30.4 Å². The number of rotatable bonds is 3. The van der Waals surface area contributed by atoms with Crippen LogP contribution in [-0.4, -0.2) is 9.59 Å². The summed E-state index contributed by atoms with van der Waals surface area (Å²) >= 11 is 1.33. The smallest absolute Gasteiger partial charge is 0.123 e. The third-order valence-electron chi connectivity index (χ3n) is 2.91. The monoisotopic (exact) mass is 279 g/mol. The van der Waals surface area contributed by atoms with Crippen molar-refractivity contribution in [3.8, 4) is 0 Å². The predicted molar refractivity (Wildman–Crippen MR) is 75.6 cm³/mol. The van der Waals surface area contributed by atoms with Gasteiger partial charge in [-0.3, -0.25) is 0 Å². The van der Waals surface area contributed by atoms with Crippen LogP contribution in [0.5, 0.6) is 0 Å². The number of aromatic nitrogens is 2. The Morgan fingerprint density at radius 3 is 2.74 bits per heavy atom. The number of hydrogen-bond donors (Lipinski definition) is 1. The van der Waals surface area contributed by atoms with Gasteiger partial charge in [-0.1, -0.05) is 37.4 Å². The average molecular weight is 279 g/mol. The van der Waals surface area contributed by atoms with Crippen molar-refractivity contribution in [1.82, 2.24) is 9.59 Å². The number of nitrogens with zero attached hydrogens (tertiary/aromatic N) is 2. The Kier molecular flexibility index (Phi) is 3.96. The van der Waals surface area contributed by atoms with Crippen molar-refractivity contribution < 1.29 is 4.39 Å². The molecule has 2 aromatic rings. The van der Waals surface area contributed by atoms with E-state index >= 15 is 0 Å². The Morgan fingerprint density at radius 2 is 2.11 bits per heavy atom. The molecule has 0 aliphatic heterocycles. The molecule has 1 atom stereocenters. The largest absolute Gasteiger partial charge is 0.323 e. The summed E-state index contributed by atoms with van der Waals surface area (Å²) < 4.78 is 17.2. The summed E-state index contributed by atoms with van der Waals surface area (Å²) in [7, 11) is 0. The Hall–Kier alpha value is -1.33. The van der Waals surface area contributed by atoms with Gasteiger partial charge in [0.1, 0.15) is 5.82 Å². The molecule has 19 heavy (non-hydrogen) atoms. The maximum absolute atomic E-state index is 13.2. The molecule has 0 amide bonds. The van der Waals surface area contributed by atoms with Gasteiger partial charge in [-0.2, -0.15) is 0 Å². The molecule has 1 heterocycles. The van der Waals surface area contributed by atoms with E-state index < -0.39 is 0 Å². The molecule has 1 unspecified atom stereocenters. The lowest BCUT2D eigenvalue weighted by molar-refractivity contribution is 0.550. The zero-order valence-electron chi connectivity index (χ0n) is 11.4. The molecule has 1 aromatic carbocycles. The van der Waals surface area contributed by atoms with Gasteiger partial charge >= 0.3 is 0 Å². The normalized spacial score (nSPS) is 13.5. The van der Waals surface area contributed by atoms with Crippen molar-refractivity contribution >= 4 is 11.5 Å². The molecule has 2 N–H and O–H groups in total. The molecule has 1 aromatic heterocycles. The van der Waals surface area contributed by atoms with Crippen LogP contribution in [0, 0.1) is 5.82 Å². The molecule has 5 heteroatoms. The van der Waals surface area contributed by atoms with E-state index in [1.54, 1.807) is 6.07 Å². The summed E-state index contributed by atoms with van der Waals surface area (Å²) in [5, 5.41) is 4.18. The van der Waals surface area contributed by atoms with Crippen LogP contribution in [0.2, 0.25) is 0 Å². The predicted octanol–water partition coefficient (Wildman–Crippen LogP) is 3.22. The Bertz CT molecular complexity index is 560. The molecule has 0 saturated heterocycles. The lowest BCUT2D eigenvalue weighted by Gasteiger charge is -2.19. The summed E-state index contributed by atoms with van der Waals surface area (Å²) in [6, 6.07) is 6.34. The first-order valence-electron chi connectivity index (χ1n) is 6.20. The zero-order chi connectivity index (χ0) is 14.0. The lowest BCUT2D eigenvalue weighted by atomic mass is 9.89. The van der Waals surface area contributed by atoms with Crippen LogP contribution in [0.4, 0.5) is 4.39 Å². The fraction of sp³-hybridized carbons (Fsp3) is 0.429. The van der Waals surface area contributed by atoms with E-state index in [9.17, 15) is 4.39 Å². The van der Waals surface area contributed by atoms with Crippen LogP contribution >= 0.6 is 11.5 Å². The van der Waals surface area contributed by atoms with Gasteiger partial charge in [0.2, 0.25) is 0 Å². The first-order chi connectivity index (χ1) is 8.88. The summed E-state index contributed by atoms with van der Waals surface area (Å²) in [5.41, 5.74) is 7.97. The van der Waals surface area contributed by atoms with E-state index in [4.69, 9.17) is 5.73 Å². The second-order valence-electron chi connectivity index (χ2n) is 5.68. The second kappa shape index (κ2) is 5.35. The highest BCUT2D eigenvalue weighted by Crippen LogP contribution is 2.30. The number of halogens is 1. The topological polar surface area (TPSA) is 51.8 Å². The fourth-order valence-corrected chi connectivity index (χ4v) is 2.83. The first-order valence-corrected chi connectivity index (χ1v) is 6.98. The SMILES string of the molecule is CC(C)(C)c1nnsc1C(N)Cc1cccc(F)c1. The molecule has 0 spiro atoms. The number of nitrogens with two attached hydrogens (primary N) is 1. The molecular weight excluding hydrogens is 261 g/mol. The molecular formula is C14H18FN3S. The minimum Gasteiger partial charge on any atom is -0.323 e. The van der Waals surface area contributed by atoms with Gasteiger partial charge in [-0.25, -0.2) is 4.39 Å². The van der Waals surface area contributed by atoms with Gasteiger partial charge in [0, 0.05) is 11.5 Å². The maximum Gasteiger partial charge on any atom is 0.123 e. The molecule has 0 bridgehead atoms. The highest BCUT2D eigenvalue weighted by Gasteiger charge is 2.25. The zero-order valence-corrected chi connectivity index (χ0v) is 12.2. The van der Waals surface area contributed by atoms with Crippen LogP contribution < -0.4 is 5.73 Å². The minimum atomic E-state index is -0.233. The summed E-state index contributed by atoms with van der Waals surface area (Å²) in [6.07, 6.45) is 0.588. The lowest BCUT2D eigenvalue weighted by Crippen LogP contribution is -2.20. The highest BCUT2D eigenvalue weighted by atomic mass is 32.1. The highest BCUT2D eigenvalue weighted by molar-refractivity contribution is 7.05. The summed E-state index contributed by atoms with van der Waals surface area (Å²) in [6.45, 7) is 6.26. The van der Waals surface area contributed by atoms with E-state index in [1.807, 2.05) is 6.07 Å². The Morgan fingerprint density at radius 1 is 1.37 bits per heavy atom. The average Bonchev–Trinajstić information content (AvgIpc) is 2.77. The quantitative estimate of drug-likeness (QED) is 0.938. The molecule has 0 fully saturated rings. The standard InChI is InChI=1S/C14H18FN3S/c1-14(2,3)13-12(19-18-17-13)11(16)8-9-5-4-6-10(15)7-9/h4-7,11H,8,16H2,1-3H3. The van der Waals surface area contributed by atoms with E-state index in [-0.39, 0.29) is 17.3 Å². The number of hydrogen-bond acceptors (Lipinski definition) is 4. The van der Waals surface area contributed by atoms with E-state index in [0.29, 0.717) is 6.42 Å². The van der Waals surface area contributed by atoms with Crippen LogP contribution in [-0.2, 0) is 11.8 Å². The molecule has 0 aliphatic carbocycles. The molecule has 102 valence electrons. The second-order valence-corrected chi connectivity index (χ2v) is 6.46. The Labute approximate surface area is 116 Å². The van der Waals surface area contributed by atoms with Crippen LogP contribution in [0.3, 0.4) is 0 Å². The molecule has 0 saturated carbocycles. The van der Waals surface area contributed by atoms with Crippen molar-refractivity contribution in [1.29, 1.82) is 0 Å². The Balaban J connectivity index is 2.21. The van der Waals surface area contributed by atoms with E-state index in [1.165, 1.54) is 23.7 Å². The summed E-state index contributed by atoms with van der Waals surface area (Å²) in [5.74, 6) is -0.233. The first kappa shape index (κ1) is 14.1. The van der Waals surface area contributed by atoms with Crippen molar-refractivity contribution in [2.75, 3.05) is 0 Å². The van der Waals surface area contributed by atoms with Crippen LogP contribution in [0.15, 0.2) is 24.3 Å². The van der Waals surface area contributed by atoms with Gasteiger partial charge in [0.25, 0.3) is 0 Å². The molecule has 0 radical (unpaired) electrons. The third kappa shape index (κ3) is 3.36. The maximum atomic E-state index is 13.2. The van der Waals surface area contributed by atoms with Gasteiger partial charge in [-0.15, -0.1) is 5.10 Å². The molecule has 0 aliphatic rings. The third-order valence-corrected chi connectivity index (χ3v) is 3.76. The van der Waals surface area contributed by atoms with E-state index in [0.717, 1.165) is 16.1 Å². The fourth-order valence-electron chi connectivity index (χ4n) is 1.97. The molecule has 2 rings (SSSR count). The number of benzene rings is 1. The van der Waals surface area contributed by atoms with Crippen molar-refractivity contribution in [2.45, 2.75) is 38.6 Å². The van der Waals surface area contributed by atoms with Crippen LogP contribution in [0.1, 0.15) is 42.9 Å². The van der Waals surface area contributed by atoms with Crippen molar-refractivity contribution in [2.24, 2.45) is 5.73 Å².